The van der Waals surface area contributed by atoms with Gasteiger partial charge in [-0.15, -0.1) is 0 Å². The van der Waals surface area contributed by atoms with Gasteiger partial charge in [0.1, 0.15) is 6.17 Å². The van der Waals surface area contributed by atoms with Crippen molar-refractivity contribution in [1.82, 2.24) is 0 Å². The highest BCUT2D eigenvalue weighted by atomic mass is 19.1. The van der Waals surface area contributed by atoms with E-state index >= 15 is 0 Å². The van der Waals surface area contributed by atoms with Gasteiger partial charge in [-0.25, -0.2) is 4.39 Å². The van der Waals surface area contributed by atoms with Gasteiger partial charge in [-0.2, -0.15) is 0 Å². The van der Waals surface area contributed by atoms with Crippen molar-refractivity contribution in [3.63, 3.8) is 0 Å². The lowest BCUT2D eigenvalue weighted by Gasteiger charge is -2.24. The van der Waals surface area contributed by atoms with E-state index in [1.807, 2.05) is 0 Å². The molecule has 1 fully saturated rings. The van der Waals surface area contributed by atoms with E-state index in [2.05, 4.69) is 79.4 Å². The molecule has 0 bridgehead atoms. The summed E-state index contributed by atoms with van der Waals surface area (Å²) in [5.74, 6) is 7.06. The van der Waals surface area contributed by atoms with E-state index in [-0.39, 0.29) is 0 Å². The number of unbranched alkanes of at least 4 members (excludes halogenated alkanes) is 7. The third-order valence-corrected chi connectivity index (χ3v) is 6.59. The minimum absolute atomic E-state index is 0.510. The van der Waals surface area contributed by atoms with Gasteiger partial charge in [0.2, 0.25) is 0 Å². The first-order valence-electron chi connectivity index (χ1n) is 12.8. The van der Waals surface area contributed by atoms with E-state index in [1.54, 1.807) is 0 Å². The molecule has 0 nitrogen and oxygen atoms in total. The van der Waals surface area contributed by atoms with Crippen molar-refractivity contribution in [3.8, 4) is 11.8 Å². The standard InChI is InChI=1S/C31H39F/c1-2-3-4-5-6-7-8-9-10-11-26-12-14-27(15-13-26)16-17-28-18-20-29(21-19-28)30-22-24-31(32)25-23-30/h10-15,18-21,30-31H,2-9,22-25H2,1H3/b11-10+. The Hall–Kier alpha value is -2.33. The van der Waals surface area contributed by atoms with E-state index in [0.29, 0.717) is 18.8 Å². The predicted molar refractivity (Wildman–Crippen MR) is 137 cm³/mol. The van der Waals surface area contributed by atoms with Crippen LogP contribution in [-0.4, -0.2) is 6.17 Å². The van der Waals surface area contributed by atoms with Gasteiger partial charge < -0.3 is 0 Å². The highest BCUT2D eigenvalue weighted by Crippen LogP contribution is 2.34. The van der Waals surface area contributed by atoms with Crippen LogP contribution in [0.2, 0.25) is 0 Å². The molecule has 0 N–H and O–H groups in total. The normalized spacial score (nSPS) is 18.4. The van der Waals surface area contributed by atoms with E-state index in [1.165, 1.54) is 62.5 Å². The molecule has 0 spiro atoms. The van der Waals surface area contributed by atoms with E-state index in [4.69, 9.17) is 0 Å². The Kier molecular flexibility index (Phi) is 10.6. The maximum atomic E-state index is 13.4. The molecule has 1 heteroatoms. The van der Waals surface area contributed by atoms with Crippen LogP contribution in [0.4, 0.5) is 4.39 Å². The third kappa shape index (κ3) is 8.66. The minimum Gasteiger partial charge on any atom is -0.247 e. The number of hydrogen-bond acceptors (Lipinski definition) is 0. The van der Waals surface area contributed by atoms with Crippen molar-refractivity contribution in [3.05, 3.63) is 76.9 Å². The molecule has 170 valence electrons. The molecule has 0 aromatic heterocycles. The molecule has 0 aliphatic heterocycles. The Morgan fingerprint density at radius 1 is 0.750 bits per heavy atom. The second kappa shape index (κ2) is 13.9. The van der Waals surface area contributed by atoms with Crippen LogP contribution < -0.4 is 0 Å². The van der Waals surface area contributed by atoms with Crippen LogP contribution in [0.25, 0.3) is 6.08 Å². The molecule has 2 aromatic rings. The second-order valence-corrected chi connectivity index (χ2v) is 9.26. The molecular weight excluding hydrogens is 391 g/mol. The second-order valence-electron chi connectivity index (χ2n) is 9.26. The summed E-state index contributed by atoms with van der Waals surface area (Å²) in [6.45, 7) is 2.27. The van der Waals surface area contributed by atoms with Crippen LogP contribution in [-0.2, 0) is 0 Å². The molecule has 1 aliphatic rings. The van der Waals surface area contributed by atoms with Gasteiger partial charge in [0, 0.05) is 11.1 Å². The summed E-state index contributed by atoms with van der Waals surface area (Å²) in [7, 11) is 0. The number of alkyl halides is 1. The first kappa shape index (κ1) is 24.3. The average molecular weight is 431 g/mol. The number of hydrogen-bond donors (Lipinski definition) is 0. The molecule has 0 radical (unpaired) electrons. The number of rotatable bonds is 10. The van der Waals surface area contributed by atoms with Gasteiger partial charge >= 0.3 is 0 Å². The number of benzene rings is 2. The Bertz CT molecular complexity index is 855. The number of halogens is 1. The summed E-state index contributed by atoms with van der Waals surface area (Å²) >= 11 is 0. The van der Waals surface area contributed by atoms with Gasteiger partial charge in [-0.1, -0.05) is 93.7 Å². The first-order chi connectivity index (χ1) is 15.7. The van der Waals surface area contributed by atoms with E-state index < -0.39 is 6.17 Å². The zero-order chi connectivity index (χ0) is 22.4. The summed E-state index contributed by atoms with van der Waals surface area (Å²) in [6.07, 6.45) is 18.0. The average Bonchev–Trinajstić information content (AvgIpc) is 2.83. The fraction of sp³-hybridized carbons (Fsp3) is 0.484. The smallest absolute Gasteiger partial charge is 0.100 e. The fourth-order valence-electron chi connectivity index (χ4n) is 4.49. The molecular formula is C31H39F. The summed E-state index contributed by atoms with van der Waals surface area (Å²) in [6, 6.07) is 17.0. The van der Waals surface area contributed by atoms with Crippen molar-refractivity contribution in [1.29, 1.82) is 0 Å². The van der Waals surface area contributed by atoms with Crippen LogP contribution in [0.5, 0.6) is 0 Å². The molecule has 3 rings (SSSR count). The van der Waals surface area contributed by atoms with Crippen LogP contribution >= 0.6 is 0 Å². The van der Waals surface area contributed by atoms with Gasteiger partial charge in [0.15, 0.2) is 0 Å². The molecule has 0 atom stereocenters. The lowest BCUT2D eigenvalue weighted by Crippen LogP contribution is -2.13. The van der Waals surface area contributed by atoms with Crippen molar-refractivity contribution >= 4 is 6.08 Å². The van der Waals surface area contributed by atoms with Crippen LogP contribution in [0.15, 0.2) is 54.6 Å². The zero-order valence-corrected chi connectivity index (χ0v) is 19.8. The quantitative estimate of drug-likeness (QED) is 0.260. The SMILES string of the molecule is CCCCCCCCC/C=C/c1ccc(C#Cc2ccc(C3CCC(F)CC3)cc2)cc1. The molecule has 32 heavy (non-hydrogen) atoms. The Labute approximate surface area is 195 Å². The topological polar surface area (TPSA) is 0 Å². The summed E-state index contributed by atoms with van der Waals surface area (Å²) in [4.78, 5) is 0. The van der Waals surface area contributed by atoms with Gasteiger partial charge in [-0.05, 0) is 79.8 Å². The van der Waals surface area contributed by atoms with E-state index in [0.717, 1.165) is 24.0 Å². The largest absolute Gasteiger partial charge is 0.247 e. The lowest BCUT2D eigenvalue weighted by atomic mass is 9.83. The summed E-state index contributed by atoms with van der Waals surface area (Å²) in [5, 5.41) is 0. The number of allylic oxidation sites excluding steroid dienone is 1. The van der Waals surface area contributed by atoms with Gasteiger partial charge in [0.05, 0.1) is 0 Å². The third-order valence-electron chi connectivity index (χ3n) is 6.59. The molecule has 0 saturated heterocycles. The minimum atomic E-state index is -0.594. The van der Waals surface area contributed by atoms with Crippen LogP contribution in [0.1, 0.15) is 112 Å². The monoisotopic (exact) mass is 430 g/mol. The van der Waals surface area contributed by atoms with E-state index in [9.17, 15) is 4.39 Å². The van der Waals surface area contributed by atoms with Crippen molar-refractivity contribution in [2.75, 3.05) is 0 Å². The predicted octanol–water partition coefficient (Wildman–Crippen LogP) is 9.24. The molecule has 2 aromatic carbocycles. The maximum Gasteiger partial charge on any atom is 0.100 e. The molecule has 1 saturated carbocycles. The molecule has 0 amide bonds. The van der Waals surface area contributed by atoms with Gasteiger partial charge in [0.25, 0.3) is 0 Å². The molecule has 0 heterocycles. The first-order valence-corrected chi connectivity index (χ1v) is 12.8. The lowest BCUT2D eigenvalue weighted by molar-refractivity contribution is 0.235. The fourth-order valence-corrected chi connectivity index (χ4v) is 4.49. The zero-order valence-electron chi connectivity index (χ0n) is 19.8. The summed E-state index contributed by atoms with van der Waals surface area (Å²) in [5.41, 5.74) is 4.65. The van der Waals surface area contributed by atoms with Crippen molar-refractivity contribution < 1.29 is 4.39 Å². The van der Waals surface area contributed by atoms with Crippen molar-refractivity contribution in [2.45, 2.75) is 96.1 Å². The Balaban J connectivity index is 1.41. The Morgan fingerprint density at radius 2 is 1.31 bits per heavy atom. The van der Waals surface area contributed by atoms with Crippen LogP contribution in [0, 0.1) is 11.8 Å². The molecule has 0 unspecified atom stereocenters. The van der Waals surface area contributed by atoms with Gasteiger partial charge in [-0.3, -0.25) is 0 Å². The molecule has 1 aliphatic carbocycles. The highest BCUT2D eigenvalue weighted by molar-refractivity contribution is 5.52. The maximum absolute atomic E-state index is 13.4. The Morgan fingerprint density at radius 3 is 1.94 bits per heavy atom. The highest BCUT2D eigenvalue weighted by Gasteiger charge is 2.21. The summed E-state index contributed by atoms with van der Waals surface area (Å²) < 4.78 is 13.4. The van der Waals surface area contributed by atoms with Crippen molar-refractivity contribution in [2.24, 2.45) is 0 Å². The van der Waals surface area contributed by atoms with Crippen LogP contribution in [0.3, 0.4) is 0 Å².